The van der Waals surface area contributed by atoms with Crippen molar-refractivity contribution in [3.05, 3.63) is 71.0 Å². The third kappa shape index (κ3) is 3.94. The van der Waals surface area contributed by atoms with Crippen LogP contribution in [0.2, 0.25) is 0 Å². The molecule has 1 N–H and O–H groups in total. The molecule has 0 aliphatic carbocycles. The molecule has 1 amide bonds. The molecule has 1 atom stereocenters. The molecule has 3 heteroatoms. The van der Waals surface area contributed by atoms with E-state index >= 15 is 0 Å². The van der Waals surface area contributed by atoms with Gasteiger partial charge >= 0.3 is 0 Å². The number of carbonyl (C=O) groups is 1. The highest BCUT2D eigenvalue weighted by atomic mass is 19.1. The lowest BCUT2D eigenvalue weighted by Crippen LogP contribution is -2.26. The van der Waals surface area contributed by atoms with Crippen molar-refractivity contribution in [2.75, 3.05) is 0 Å². The second-order valence-corrected chi connectivity index (χ2v) is 6.58. The lowest BCUT2D eigenvalue weighted by atomic mass is 9.86. The fraction of sp³-hybridized carbons (Fsp3) is 0.316. The van der Waals surface area contributed by atoms with Crippen LogP contribution in [0.5, 0.6) is 0 Å². The molecular weight excluding hydrogens is 277 g/mol. The first-order valence-corrected chi connectivity index (χ1v) is 7.44. The van der Waals surface area contributed by atoms with Crippen LogP contribution in [0.25, 0.3) is 0 Å². The minimum Gasteiger partial charge on any atom is -0.346 e. The van der Waals surface area contributed by atoms with Crippen LogP contribution in [0.3, 0.4) is 0 Å². The van der Waals surface area contributed by atoms with Crippen molar-refractivity contribution in [2.45, 2.75) is 39.2 Å². The van der Waals surface area contributed by atoms with E-state index in [0.717, 1.165) is 5.56 Å². The van der Waals surface area contributed by atoms with Crippen molar-refractivity contribution < 1.29 is 9.18 Å². The van der Waals surface area contributed by atoms with Crippen molar-refractivity contribution in [3.8, 4) is 0 Å². The Balaban J connectivity index is 2.09. The van der Waals surface area contributed by atoms with Crippen LogP contribution in [0, 0.1) is 5.82 Å². The zero-order valence-electron chi connectivity index (χ0n) is 13.5. The van der Waals surface area contributed by atoms with E-state index in [2.05, 4.69) is 38.2 Å². The number of carbonyl (C=O) groups excluding carboxylic acids is 1. The van der Waals surface area contributed by atoms with Crippen LogP contribution in [-0.4, -0.2) is 5.91 Å². The molecular formula is C19H22FNO. The van der Waals surface area contributed by atoms with Gasteiger partial charge in [0, 0.05) is 5.56 Å². The molecule has 0 aliphatic heterocycles. The Morgan fingerprint density at radius 1 is 1.09 bits per heavy atom. The fourth-order valence-electron chi connectivity index (χ4n) is 2.26. The van der Waals surface area contributed by atoms with Crippen LogP contribution >= 0.6 is 0 Å². The Kier molecular flexibility index (Phi) is 4.65. The molecule has 116 valence electrons. The molecule has 0 aliphatic rings. The maximum atomic E-state index is 13.2. The summed E-state index contributed by atoms with van der Waals surface area (Å²) >= 11 is 0. The molecule has 0 heterocycles. The summed E-state index contributed by atoms with van der Waals surface area (Å²) in [5.41, 5.74) is 2.71. The van der Waals surface area contributed by atoms with Gasteiger partial charge < -0.3 is 5.32 Å². The maximum Gasteiger partial charge on any atom is 0.251 e. The minimum atomic E-state index is -0.408. The van der Waals surface area contributed by atoms with Crippen LogP contribution < -0.4 is 5.32 Å². The number of rotatable bonds is 3. The van der Waals surface area contributed by atoms with Crippen molar-refractivity contribution >= 4 is 5.91 Å². The molecule has 0 saturated heterocycles. The Hall–Kier alpha value is -2.16. The second kappa shape index (κ2) is 6.30. The number of benzene rings is 2. The monoisotopic (exact) mass is 299 g/mol. The van der Waals surface area contributed by atoms with E-state index in [4.69, 9.17) is 0 Å². The average molecular weight is 299 g/mol. The van der Waals surface area contributed by atoms with Gasteiger partial charge in [0.05, 0.1) is 6.04 Å². The largest absolute Gasteiger partial charge is 0.346 e. The zero-order valence-corrected chi connectivity index (χ0v) is 13.5. The first kappa shape index (κ1) is 16.2. The molecule has 0 saturated carbocycles. The first-order chi connectivity index (χ1) is 10.3. The molecule has 2 nitrogen and oxygen atoms in total. The molecule has 0 bridgehead atoms. The molecule has 22 heavy (non-hydrogen) atoms. The second-order valence-electron chi connectivity index (χ2n) is 6.58. The maximum absolute atomic E-state index is 13.2. The van der Waals surface area contributed by atoms with Crippen LogP contribution in [-0.2, 0) is 5.41 Å². The average Bonchev–Trinajstić information content (AvgIpc) is 2.46. The molecule has 0 unspecified atom stereocenters. The standard InChI is InChI=1S/C19H22FNO/c1-13(14-8-10-16(11-9-14)19(2,3)4)21-18(22)15-6-5-7-17(20)12-15/h5-13H,1-4H3,(H,21,22)/t13-/m1/s1. The van der Waals surface area contributed by atoms with E-state index in [1.54, 1.807) is 6.07 Å². The SMILES string of the molecule is C[C@@H](NC(=O)c1cccc(F)c1)c1ccc(C(C)(C)C)cc1. The van der Waals surface area contributed by atoms with E-state index in [9.17, 15) is 9.18 Å². The van der Waals surface area contributed by atoms with Gasteiger partial charge in [0.1, 0.15) is 5.82 Å². The summed E-state index contributed by atoms with van der Waals surface area (Å²) in [4.78, 5) is 12.1. The molecule has 0 aromatic heterocycles. The van der Waals surface area contributed by atoms with Gasteiger partial charge in [-0.3, -0.25) is 4.79 Å². The highest BCUT2D eigenvalue weighted by molar-refractivity contribution is 5.94. The predicted molar refractivity (Wildman–Crippen MR) is 87.4 cm³/mol. The van der Waals surface area contributed by atoms with Crippen molar-refractivity contribution in [3.63, 3.8) is 0 Å². The number of hydrogen-bond acceptors (Lipinski definition) is 1. The lowest BCUT2D eigenvalue weighted by molar-refractivity contribution is 0.0939. The summed E-state index contributed by atoms with van der Waals surface area (Å²) in [6, 6.07) is 13.8. The number of amides is 1. The molecule has 0 radical (unpaired) electrons. The van der Waals surface area contributed by atoms with Gasteiger partial charge in [-0.25, -0.2) is 4.39 Å². The first-order valence-electron chi connectivity index (χ1n) is 7.44. The van der Waals surface area contributed by atoms with E-state index in [1.807, 2.05) is 19.1 Å². The summed E-state index contributed by atoms with van der Waals surface area (Å²) in [5.74, 6) is -0.679. The minimum absolute atomic E-state index is 0.104. The van der Waals surface area contributed by atoms with Gasteiger partial charge in [0.25, 0.3) is 5.91 Å². The van der Waals surface area contributed by atoms with E-state index < -0.39 is 5.82 Å². The molecule has 2 aromatic carbocycles. The van der Waals surface area contributed by atoms with Gasteiger partial charge in [0.2, 0.25) is 0 Å². The summed E-state index contributed by atoms with van der Waals surface area (Å²) in [5, 5.41) is 2.89. The van der Waals surface area contributed by atoms with E-state index in [1.165, 1.54) is 23.8 Å². The van der Waals surface area contributed by atoms with Crippen molar-refractivity contribution in [1.29, 1.82) is 0 Å². The van der Waals surface area contributed by atoms with Crippen LogP contribution in [0.15, 0.2) is 48.5 Å². The molecule has 0 fully saturated rings. The van der Waals surface area contributed by atoms with E-state index in [-0.39, 0.29) is 17.4 Å². The summed E-state index contributed by atoms with van der Waals surface area (Å²) in [6.07, 6.45) is 0. The fourth-order valence-corrected chi connectivity index (χ4v) is 2.26. The van der Waals surface area contributed by atoms with Gasteiger partial charge in [-0.1, -0.05) is 51.1 Å². The van der Waals surface area contributed by atoms with Crippen molar-refractivity contribution in [1.82, 2.24) is 5.32 Å². The van der Waals surface area contributed by atoms with E-state index in [0.29, 0.717) is 5.56 Å². The Morgan fingerprint density at radius 3 is 2.27 bits per heavy atom. The molecule has 2 rings (SSSR count). The summed E-state index contributed by atoms with van der Waals surface area (Å²) < 4.78 is 13.2. The molecule has 2 aromatic rings. The highest BCUT2D eigenvalue weighted by Gasteiger charge is 2.15. The summed E-state index contributed by atoms with van der Waals surface area (Å²) in [6.45, 7) is 8.41. The number of hydrogen-bond donors (Lipinski definition) is 1. The Morgan fingerprint density at radius 2 is 1.73 bits per heavy atom. The van der Waals surface area contributed by atoms with Gasteiger partial charge in [0.15, 0.2) is 0 Å². The Labute approximate surface area is 131 Å². The molecule has 0 spiro atoms. The highest BCUT2D eigenvalue weighted by Crippen LogP contribution is 2.24. The van der Waals surface area contributed by atoms with Gasteiger partial charge in [-0.05, 0) is 41.7 Å². The number of halogens is 1. The lowest BCUT2D eigenvalue weighted by Gasteiger charge is -2.20. The third-order valence-corrected chi connectivity index (χ3v) is 3.71. The quantitative estimate of drug-likeness (QED) is 0.880. The normalized spacial score (nSPS) is 12.8. The number of nitrogens with one attached hydrogen (secondary N) is 1. The topological polar surface area (TPSA) is 29.1 Å². The summed E-state index contributed by atoms with van der Waals surface area (Å²) in [7, 11) is 0. The smallest absolute Gasteiger partial charge is 0.251 e. The van der Waals surface area contributed by atoms with Crippen molar-refractivity contribution in [2.24, 2.45) is 0 Å². The van der Waals surface area contributed by atoms with Crippen LogP contribution in [0.1, 0.15) is 55.2 Å². The zero-order chi connectivity index (χ0) is 16.3. The third-order valence-electron chi connectivity index (χ3n) is 3.71. The van der Waals surface area contributed by atoms with Gasteiger partial charge in [-0.2, -0.15) is 0 Å². The predicted octanol–water partition coefficient (Wildman–Crippen LogP) is 4.61. The van der Waals surface area contributed by atoms with Gasteiger partial charge in [-0.15, -0.1) is 0 Å². The Bertz CT molecular complexity index is 656. The van der Waals surface area contributed by atoms with Crippen LogP contribution in [0.4, 0.5) is 4.39 Å².